The van der Waals surface area contributed by atoms with E-state index in [1.54, 1.807) is 0 Å². The molecule has 234 valence electrons. The number of nitrogens with zero attached hydrogens (tertiary/aromatic N) is 2. The van der Waals surface area contributed by atoms with Crippen molar-refractivity contribution in [3.05, 3.63) is 186 Å². The van der Waals surface area contributed by atoms with Gasteiger partial charge in [-0.1, -0.05) is 109 Å². The fourth-order valence-electron chi connectivity index (χ4n) is 7.50. The molecule has 6 aromatic carbocycles. The zero-order valence-electron chi connectivity index (χ0n) is 27.7. The maximum absolute atomic E-state index is 2.51. The summed E-state index contributed by atoms with van der Waals surface area (Å²) in [7, 11) is 0. The zero-order valence-corrected chi connectivity index (χ0v) is 27.7. The van der Waals surface area contributed by atoms with Crippen molar-refractivity contribution in [2.45, 2.75) is 39.5 Å². The van der Waals surface area contributed by atoms with E-state index >= 15 is 0 Å². The van der Waals surface area contributed by atoms with Crippen molar-refractivity contribution in [1.82, 2.24) is 0 Å². The molecule has 0 heterocycles. The Labute approximate surface area is 284 Å². The molecule has 0 spiro atoms. The van der Waals surface area contributed by atoms with Gasteiger partial charge in [-0.15, -0.1) is 0 Å². The molecule has 48 heavy (non-hydrogen) atoms. The second-order valence-electron chi connectivity index (χ2n) is 12.9. The quantitative estimate of drug-likeness (QED) is 0.175. The Bertz CT molecular complexity index is 2210. The van der Waals surface area contributed by atoms with Crippen molar-refractivity contribution in [2.75, 3.05) is 9.80 Å². The molecule has 0 bridgehead atoms. The molecule has 0 amide bonds. The Morgan fingerprint density at radius 2 is 1.21 bits per heavy atom. The fraction of sp³-hybridized carbons (Fsp3) is 0.130. The summed E-state index contributed by atoms with van der Waals surface area (Å²) in [6.45, 7) is 4.50. The Morgan fingerprint density at radius 3 is 1.96 bits per heavy atom. The number of benzene rings is 6. The lowest BCUT2D eigenvalue weighted by molar-refractivity contribution is 0.903. The molecule has 0 fully saturated rings. The molecule has 0 atom stereocenters. The van der Waals surface area contributed by atoms with Crippen molar-refractivity contribution in [3.63, 3.8) is 0 Å². The highest BCUT2D eigenvalue weighted by atomic mass is 15.2. The van der Waals surface area contributed by atoms with Gasteiger partial charge in [-0.05, 0) is 121 Å². The van der Waals surface area contributed by atoms with Crippen LogP contribution in [0.3, 0.4) is 0 Å². The number of anilines is 4. The number of aryl methyl sites for hydroxylation is 3. The lowest BCUT2D eigenvalue weighted by Crippen LogP contribution is -2.24. The van der Waals surface area contributed by atoms with Crippen LogP contribution in [0.5, 0.6) is 0 Å². The molecule has 6 aromatic rings. The summed E-state index contributed by atoms with van der Waals surface area (Å²) in [5.41, 5.74) is 15.2. The van der Waals surface area contributed by atoms with Crippen LogP contribution in [-0.4, -0.2) is 0 Å². The molecule has 2 nitrogen and oxygen atoms in total. The molecule has 2 aliphatic rings. The van der Waals surface area contributed by atoms with Gasteiger partial charge in [0.2, 0.25) is 0 Å². The standard InChI is InChI=1S/C46H40N2/c1-33-31-39(47(37-19-5-3-6-20-37)45-25-13-17-35-15-9-11-23-43(35)45)27-29-41(33)42-30-28-40(32-34(42)2)48(38-21-7-4-8-22-38)46-26-14-18-36-16-10-12-24-44(36)46/h3-7,9-13,15-17,19-21,23-32H,8,14,18,22H2,1-2H3. The smallest absolute Gasteiger partial charge is 0.0540 e. The Hall–Kier alpha value is -5.60. The van der Waals surface area contributed by atoms with E-state index < -0.39 is 0 Å². The number of hydrogen-bond acceptors (Lipinski definition) is 2. The van der Waals surface area contributed by atoms with E-state index in [2.05, 4.69) is 181 Å². The monoisotopic (exact) mass is 620 g/mol. The third kappa shape index (κ3) is 5.54. The van der Waals surface area contributed by atoms with Crippen LogP contribution in [0.15, 0.2) is 163 Å². The van der Waals surface area contributed by atoms with Crippen LogP contribution in [0.2, 0.25) is 0 Å². The Morgan fingerprint density at radius 1 is 0.521 bits per heavy atom. The van der Waals surface area contributed by atoms with Gasteiger partial charge >= 0.3 is 0 Å². The van der Waals surface area contributed by atoms with Gasteiger partial charge in [0.05, 0.1) is 5.69 Å². The summed E-state index contributed by atoms with van der Waals surface area (Å²) in [4.78, 5) is 4.89. The summed E-state index contributed by atoms with van der Waals surface area (Å²) in [6, 6.07) is 48.8. The molecule has 2 heteroatoms. The third-order valence-electron chi connectivity index (χ3n) is 9.81. The summed E-state index contributed by atoms with van der Waals surface area (Å²) < 4.78 is 0. The number of allylic oxidation sites excluding steroid dienone is 5. The SMILES string of the molecule is Cc1cc(N(C2=CC=CCC2)C2=CCCc3ccccc32)ccc1-c1ccc(N(c2ccccc2)c2cccc3ccccc23)cc1C. The highest BCUT2D eigenvalue weighted by Gasteiger charge is 2.24. The van der Waals surface area contributed by atoms with Crippen LogP contribution in [-0.2, 0) is 6.42 Å². The first-order chi connectivity index (χ1) is 23.7. The first-order valence-electron chi connectivity index (χ1n) is 17.1. The maximum Gasteiger partial charge on any atom is 0.0540 e. The van der Waals surface area contributed by atoms with Gasteiger partial charge in [0.25, 0.3) is 0 Å². The van der Waals surface area contributed by atoms with Gasteiger partial charge in [0, 0.05) is 39.4 Å². The minimum atomic E-state index is 1.03. The number of hydrogen-bond donors (Lipinski definition) is 0. The van der Waals surface area contributed by atoms with Crippen molar-refractivity contribution in [1.29, 1.82) is 0 Å². The van der Waals surface area contributed by atoms with E-state index in [4.69, 9.17) is 0 Å². The topological polar surface area (TPSA) is 6.48 Å². The van der Waals surface area contributed by atoms with E-state index in [0.717, 1.165) is 37.1 Å². The summed E-state index contributed by atoms with van der Waals surface area (Å²) in [5, 5.41) is 2.47. The van der Waals surface area contributed by atoms with Crippen LogP contribution < -0.4 is 9.80 Å². The molecule has 0 aliphatic heterocycles. The van der Waals surface area contributed by atoms with Gasteiger partial charge in [-0.25, -0.2) is 0 Å². The predicted molar refractivity (Wildman–Crippen MR) is 205 cm³/mol. The van der Waals surface area contributed by atoms with E-state index in [-0.39, 0.29) is 0 Å². The van der Waals surface area contributed by atoms with Gasteiger partial charge in [-0.2, -0.15) is 0 Å². The van der Waals surface area contributed by atoms with Crippen molar-refractivity contribution < 1.29 is 0 Å². The van der Waals surface area contributed by atoms with Gasteiger partial charge in [0.1, 0.15) is 0 Å². The van der Waals surface area contributed by atoms with Gasteiger partial charge in [-0.3, -0.25) is 0 Å². The molecule has 0 saturated carbocycles. The minimum absolute atomic E-state index is 1.03. The molecule has 8 rings (SSSR count). The third-order valence-corrected chi connectivity index (χ3v) is 9.81. The van der Waals surface area contributed by atoms with Gasteiger partial charge < -0.3 is 9.80 Å². The number of rotatable bonds is 7. The summed E-state index contributed by atoms with van der Waals surface area (Å²) >= 11 is 0. The largest absolute Gasteiger partial charge is 0.314 e. The van der Waals surface area contributed by atoms with Crippen molar-refractivity contribution in [3.8, 4) is 11.1 Å². The van der Waals surface area contributed by atoms with Crippen molar-refractivity contribution >= 4 is 39.2 Å². The molecule has 2 aliphatic carbocycles. The van der Waals surface area contributed by atoms with E-state index in [0.29, 0.717) is 0 Å². The Balaban J connectivity index is 1.19. The highest BCUT2D eigenvalue weighted by Crippen LogP contribution is 2.42. The molecule has 0 unspecified atom stereocenters. The summed E-state index contributed by atoms with van der Waals surface area (Å²) in [6.07, 6.45) is 13.5. The maximum atomic E-state index is 2.51. The van der Waals surface area contributed by atoms with Crippen molar-refractivity contribution in [2.24, 2.45) is 0 Å². The molecular weight excluding hydrogens is 581 g/mol. The van der Waals surface area contributed by atoms with Gasteiger partial charge in [0.15, 0.2) is 0 Å². The van der Waals surface area contributed by atoms with Crippen LogP contribution in [0.1, 0.15) is 41.5 Å². The number of para-hydroxylation sites is 1. The van der Waals surface area contributed by atoms with Crippen LogP contribution in [0.4, 0.5) is 22.7 Å². The molecule has 0 radical (unpaired) electrons. The Kier molecular flexibility index (Phi) is 8.00. The van der Waals surface area contributed by atoms with E-state index in [1.165, 1.54) is 66.9 Å². The lowest BCUT2D eigenvalue weighted by atomic mass is 9.92. The highest BCUT2D eigenvalue weighted by molar-refractivity contribution is 5.99. The van der Waals surface area contributed by atoms with Crippen LogP contribution in [0.25, 0.3) is 27.6 Å². The average molecular weight is 621 g/mol. The van der Waals surface area contributed by atoms with E-state index in [9.17, 15) is 0 Å². The van der Waals surface area contributed by atoms with Crippen LogP contribution >= 0.6 is 0 Å². The predicted octanol–water partition coefficient (Wildman–Crippen LogP) is 12.6. The molecule has 0 saturated heterocycles. The minimum Gasteiger partial charge on any atom is -0.314 e. The second-order valence-corrected chi connectivity index (χ2v) is 12.9. The second kappa shape index (κ2) is 12.9. The molecular formula is C46H40N2. The first kappa shape index (κ1) is 29.8. The molecule has 0 N–H and O–H groups in total. The summed E-state index contributed by atoms with van der Waals surface area (Å²) in [5.74, 6) is 0. The average Bonchev–Trinajstić information content (AvgIpc) is 3.13. The lowest BCUT2D eigenvalue weighted by Gasteiger charge is -2.34. The zero-order chi connectivity index (χ0) is 32.5. The van der Waals surface area contributed by atoms with E-state index in [1.807, 2.05) is 0 Å². The first-order valence-corrected chi connectivity index (χ1v) is 17.1. The normalized spacial score (nSPS) is 13.9. The molecule has 0 aromatic heterocycles. The van der Waals surface area contributed by atoms with Crippen LogP contribution in [0, 0.1) is 13.8 Å². The number of fused-ring (bicyclic) bond motifs is 2. The fourth-order valence-corrected chi connectivity index (χ4v) is 7.50.